The van der Waals surface area contributed by atoms with Gasteiger partial charge in [0.05, 0.1) is 18.6 Å². The van der Waals surface area contributed by atoms with Crippen LogP contribution in [0.3, 0.4) is 0 Å². The van der Waals surface area contributed by atoms with Crippen LogP contribution in [0.5, 0.6) is 5.88 Å². The first kappa shape index (κ1) is 12.0. The zero-order valence-corrected chi connectivity index (χ0v) is 9.64. The van der Waals surface area contributed by atoms with Gasteiger partial charge in [0.1, 0.15) is 0 Å². The predicted octanol–water partition coefficient (Wildman–Crippen LogP) is 0.579. The minimum absolute atomic E-state index is 0.0711. The fourth-order valence-electron chi connectivity index (χ4n) is 1.45. The number of rotatable bonds is 4. The van der Waals surface area contributed by atoms with Gasteiger partial charge < -0.3 is 4.74 Å². The van der Waals surface area contributed by atoms with Gasteiger partial charge in [0.25, 0.3) is 0 Å². The van der Waals surface area contributed by atoms with Gasteiger partial charge in [0.15, 0.2) is 0 Å². The van der Waals surface area contributed by atoms with Gasteiger partial charge in [-0.3, -0.25) is 0 Å². The van der Waals surface area contributed by atoms with Crippen molar-refractivity contribution in [1.82, 2.24) is 9.78 Å². The number of hydrogen-bond acceptors (Lipinski definition) is 4. The number of methoxy groups -OCH3 is 1. The van der Waals surface area contributed by atoms with Crippen molar-refractivity contribution >= 4 is 10.2 Å². The van der Waals surface area contributed by atoms with Crippen LogP contribution in [0.2, 0.25) is 0 Å². The van der Waals surface area contributed by atoms with Crippen LogP contribution < -0.4 is 4.74 Å². The van der Waals surface area contributed by atoms with Crippen molar-refractivity contribution in [3.63, 3.8) is 0 Å². The Morgan fingerprint density at radius 1 is 1.53 bits per heavy atom. The second-order valence-corrected chi connectivity index (χ2v) is 4.68. The summed E-state index contributed by atoms with van der Waals surface area (Å²) in [5.41, 5.74) is 1.28. The van der Waals surface area contributed by atoms with Gasteiger partial charge in [-0.05, 0) is 13.3 Å². The van der Waals surface area contributed by atoms with E-state index in [1.807, 2.05) is 0 Å². The Hall–Kier alpha value is -1.11. The molecule has 0 atom stereocenters. The fourth-order valence-corrected chi connectivity index (χ4v) is 1.90. The lowest BCUT2D eigenvalue weighted by atomic mass is 10.2. The lowest BCUT2D eigenvalue weighted by molar-refractivity contribution is 0.369. The van der Waals surface area contributed by atoms with Crippen molar-refractivity contribution in [1.29, 1.82) is 0 Å². The van der Waals surface area contributed by atoms with E-state index < -0.39 is 16.0 Å². The number of aryl methyl sites for hydroxylation is 2. The Balaban J connectivity index is 2.94. The molecule has 0 spiro atoms. The molecule has 86 valence electrons. The molecular weight excluding hydrogens is 223 g/mol. The smallest absolute Gasteiger partial charge is 0.302 e. The highest BCUT2D eigenvalue weighted by Crippen LogP contribution is 2.21. The van der Waals surface area contributed by atoms with Crippen LogP contribution in [0, 0.1) is 6.92 Å². The lowest BCUT2D eigenvalue weighted by Gasteiger charge is -2.03. The van der Waals surface area contributed by atoms with Gasteiger partial charge in [-0.25, -0.2) is 4.68 Å². The molecule has 0 aliphatic rings. The van der Waals surface area contributed by atoms with E-state index in [4.69, 9.17) is 4.74 Å². The fraction of sp³-hybridized carbons (Fsp3) is 0.625. The molecule has 0 unspecified atom stereocenters. The summed E-state index contributed by atoms with van der Waals surface area (Å²) in [5.74, 6) is -0.0771. The van der Waals surface area contributed by atoms with Crippen molar-refractivity contribution in [2.24, 2.45) is 7.05 Å². The summed E-state index contributed by atoms with van der Waals surface area (Å²) in [6.45, 7) is 1.72. The van der Waals surface area contributed by atoms with Crippen LogP contribution in [0.15, 0.2) is 0 Å². The van der Waals surface area contributed by atoms with Crippen LogP contribution >= 0.6 is 0 Å². The Morgan fingerprint density at radius 3 is 2.60 bits per heavy atom. The molecule has 7 heteroatoms. The molecule has 0 amide bonds. The quantitative estimate of drug-likeness (QED) is 0.717. The van der Waals surface area contributed by atoms with E-state index in [0.717, 1.165) is 0 Å². The molecule has 5 nitrogen and oxygen atoms in total. The van der Waals surface area contributed by atoms with E-state index in [9.17, 15) is 12.3 Å². The van der Waals surface area contributed by atoms with Crippen molar-refractivity contribution in [2.75, 3.05) is 12.9 Å². The monoisotopic (exact) mass is 236 g/mol. The Morgan fingerprint density at radius 2 is 2.13 bits per heavy atom. The molecule has 1 heterocycles. The molecule has 0 N–H and O–H groups in total. The third-order valence-electron chi connectivity index (χ3n) is 2.08. The maximum atomic E-state index is 12.4. The molecule has 0 aliphatic heterocycles. The minimum Gasteiger partial charge on any atom is -0.481 e. The van der Waals surface area contributed by atoms with Gasteiger partial charge in [0, 0.05) is 12.6 Å². The number of ether oxygens (including phenoxy) is 1. The van der Waals surface area contributed by atoms with E-state index in [0.29, 0.717) is 17.1 Å². The number of aromatic nitrogens is 2. The average Bonchev–Trinajstić information content (AvgIpc) is 2.35. The zero-order chi connectivity index (χ0) is 11.6. The van der Waals surface area contributed by atoms with Crippen LogP contribution in [-0.2, 0) is 23.7 Å². The molecule has 1 aromatic heterocycles. The van der Waals surface area contributed by atoms with Gasteiger partial charge in [-0.1, -0.05) is 0 Å². The molecule has 0 saturated heterocycles. The van der Waals surface area contributed by atoms with Crippen molar-refractivity contribution in [2.45, 2.75) is 13.3 Å². The highest BCUT2D eigenvalue weighted by atomic mass is 32.3. The standard InChI is InChI=1S/C8H13FN2O3S/c1-6-7(4-5-15(9,12)13)8(14-3)11(2)10-6/h4-5H2,1-3H3. The van der Waals surface area contributed by atoms with Crippen LogP contribution in [0.4, 0.5) is 3.89 Å². The predicted molar refractivity (Wildman–Crippen MR) is 53.1 cm³/mol. The van der Waals surface area contributed by atoms with E-state index in [2.05, 4.69) is 5.10 Å². The molecular formula is C8H13FN2O3S. The molecule has 0 aliphatic carbocycles. The van der Waals surface area contributed by atoms with Crippen molar-refractivity contribution in [3.8, 4) is 5.88 Å². The van der Waals surface area contributed by atoms with Crippen LogP contribution in [0.25, 0.3) is 0 Å². The topological polar surface area (TPSA) is 61.2 Å². The summed E-state index contributed by atoms with van der Waals surface area (Å²) < 4.78 is 39.7. The first-order valence-electron chi connectivity index (χ1n) is 4.34. The van der Waals surface area contributed by atoms with Crippen LogP contribution in [-0.4, -0.2) is 31.1 Å². The van der Waals surface area contributed by atoms with Crippen molar-refractivity contribution in [3.05, 3.63) is 11.3 Å². The highest BCUT2D eigenvalue weighted by molar-refractivity contribution is 7.86. The summed E-state index contributed by atoms with van der Waals surface area (Å²) in [7, 11) is -1.31. The molecule has 0 bridgehead atoms. The second-order valence-electron chi connectivity index (χ2n) is 3.19. The third kappa shape index (κ3) is 2.92. The number of nitrogens with zero attached hydrogens (tertiary/aromatic N) is 2. The second kappa shape index (κ2) is 4.18. The SMILES string of the molecule is COc1c(CCS(=O)(=O)F)c(C)nn1C. The van der Waals surface area contributed by atoms with Gasteiger partial charge >= 0.3 is 10.2 Å². The van der Waals surface area contributed by atoms with Gasteiger partial charge in [0.2, 0.25) is 5.88 Å². The molecule has 15 heavy (non-hydrogen) atoms. The van der Waals surface area contributed by atoms with E-state index >= 15 is 0 Å². The first-order chi connectivity index (χ1) is 6.85. The normalized spacial score (nSPS) is 11.7. The van der Waals surface area contributed by atoms with Crippen molar-refractivity contribution < 1.29 is 17.0 Å². The van der Waals surface area contributed by atoms with E-state index in [-0.39, 0.29) is 6.42 Å². The summed E-state index contributed by atoms with van der Waals surface area (Å²) in [5, 5.41) is 4.06. The average molecular weight is 236 g/mol. The molecule has 0 radical (unpaired) electrons. The van der Waals surface area contributed by atoms with Gasteiger partial charge in [-0.15, -0.1) is 3.89 Å². The first-order valence-corrected chi connectivity index (χ1v) is 5.89. The number of hydrogen-bond donors (Lipinski definition) is 0. The maximum absolute atomic E-state index is 12.4. The summed E-state index contributed by atoms with van der Waals surface area (Å²) in [6, 6.07) is 0. The molecule has 0 saturated carbocycles. The van der Waals surface area contributed by atoms with E-state index in [1.54, 1.807) is 14.0 Å². The van der Waals surface area contributed by atoms with E-state index in [1.165, 1.54) is 11.8 Å². The largest absolute Gasteiger partial charge is 0.481 e. The third-order valence-corrected chi connectivity index (χ3v) is 2.77. The summed E-state index contributed by atoms with van der Waals surface area (Å²) in [4.78, 5) is 0. The Labute approximate surface area is 88.1 Å². The van der Waals surface area contributed by atoms with Gasteiger partial charge in [-0.2, -0.15) is 13.5 Å². The maximum Gasteiger partial charge on any atom is 0.302 e. The molecule has 1 aromatic rings. The Kier molecular flexibility index (Phi) is 3.33. The molecule has 0 fully saturated rings. The number of halogens is 1. The summed E-state index contributed by atoms with van der Waals surface area (Å²) in [6.07, 6.45) is 0.0711. The van der Waals surface area contributed by atoms with Crippen LogP contribution in [0.1, 0.15) is 11.3 Å². The molecule has 0 aromatic carbocycles. The Bertz CT molecular complexity index is 453. The molecule has 1 rings (SSSR count). The lowest BCUT2D eigenvalue weighted by Crippen LogP contribution is -2.04. The zero-order valence-electron chi connectivity index (χ0n) is 8.82. The minimum atomic E-state index is -4.45. The summed E-state index contributed by atoms with van der Waals surface area (Å²) >= 11 is 0. The highest BCUT2D eigenvalue weighted by Gasteiger charge is 2.16.